The zero-order valence-corrected chi connectivity index (χ0v) is 25.5. The molecule has 1 saturated carbocycles. The van der Waals surface area contributed by atoms with Gasteiger partial charge in [0.1, 0.15) is 5.41 Å². The molecule has 0 bridgehead atoms. The lowest BCUT2D eigenvalue weighted by molar-refractivity contribution is -0.162. The molecule has 5 aromatic rings. The second-order valence-corrected chi connectivity index (χ2v) is 13.1. The Morgan fingerprint density at radius 1 is 1.00 bits per heavy atom. The van der Waals surface area contributed by atoms with Crippen LogP contribution in [0.4, 0.5) is 13.2 Å². The molecular formula is C32H27F3N4O4S2. The van der Waals surface area contributed by atoms with E-state index in [1.165, 1.54) is 34.3 Å². The number of hydrogen-bond acceptors (Lipinski definition) is 7. The first-order valence-electron chi connectivity index (χ1n) is 14.0. The van der Waals surface area contributed by atoms with Crippen molar-refractivity contribution in [3.63, 3.8) is 0 Å². The van der Waals surface area contributed by atoms with E-state index in [-0.39, 0.29) is 47.3 Å². The van der Waals surface area contributed by atoms with Crippen molar-refractivity contribution in [2.75, 3.05) is 6.61 Å². The Kier molecular flexibility index (Phi) is 7.88. The summed E-state index contributed by atoms with van der Waals surface area (Å²) in [5.74, 6) is -0.684. The van der Waals surface area contributed by atoms with E-state index in [9.17, 15) is 26.4 Å². The summed E-state index contributed by atoms with van der Waals surface area (Å²) in [6.07, 6.45) is -4.86. The van der Waals surface area contributed by atoms with Crippen molar-refractivity contribution in [2.45, 2.75) is 42.7 Å². The van der Waals surface area contributed by atoms with Gasteiger partial charge in [0.2, 0.25) is 15.2 Å². The lowest BCUT2D eigenvalue weighted by Crippen LogP contribution is -2.32. The number of nitrogens with two attached hydrogens (primary N) is 1. The molecule has 1 aliphatic carbocycles. The maximum Gasteiger partial charge on any atom is 0.399 e. The van der Waals surface area contributed by atoms with Crippen molar-refractivity contribution in [3.05, 3.63) is 107 Å². The van der Waals surface area contributed by atoms with Crippen LogP contribution < -0.4 is 5.14 Å². The third-order valence-corrected chi connectivity index (χ3v) is 9.51. The number of esters is 1. The lowest BCUT2D eigenvalue weighted by Gasteiger charge is -2.22. The zero-order chi connectivity index (χ0) is 32.0. The highest BCUT2D eigenvalue weighted by Gasteiger charge is 2.67. The van der Waals surface area contributed by atoms with Gasteiger partial charge in [-0.1, -0.05) is 60.7 Å². The van der Waals surface area contributed by atoms with Gasteiger partial charge in [-0.3, -0.25) is 0 Å². The van der Waals surface area contributed by atoms with E-state index in [4.69, 9.17) is 15.0 Å². The average molecular weight is 653 g/mol. The Morgan fingerprint density at radius 2 is 1.67 bits per heavy atom. The van der Waals surface area contributed by atoms with Crippen LogP contribution in [0.1, 0.15) is 47.1 Å². The van der Waals surface area contributed by atoms with Gasteiger partial charge >= 0.3 is 12.1 Å². The number of primary sulfonamides is 1. The number of thiazole rings is 1. The number of aromatic nitrogens is 3. The lowest BCUT2D eigenvalue weighted by atomic mass is 9.90. The zero-order valence-electron chi connectivity index (χ0n) is 23.9. The standard InChI is InChI=1S/C32H27F3N4O4S2/c1-2-43-29(40)26-19-44-30(37-26)39-28(31(15-16-31)32(33,34)35)25(17-20-11-13-24(14-12-20)45(36,41)42)27(38-39)23-10-6-9-22(18-23)21-7-4-3-5-8-21/h3-14,18-19H,2,15-17H2,1H3,(H2,36,41,42). The smallest absolute Gasteiger partial charge is 0.399 e. The van der Waals surface area contributed by atoms with Crippen LogP contribution in [-0.4, -0.2) is 41.9 Å². The number of carbonyl (C=O) groups excluding carboxylic acids is 1. The molecule has 0 amide bonds. The Hall–Kier alpha value is -4.33. The fourth-order valence-electron chi connectivity index (χ4n) is 5.40. The number of carbonyl (C=O) groups is 1. The van der Waals surface area contributed by atoms with E-state index in [2.05, 4.69) is 4.98 Å². The molecule has 232 valence electrons. The molecule has 0 radical (unpaired) electrons. The highest BCUT2D eigenvalue weighted by atomic mass is 32.2. The molecule has 6 rings (SSSR count). The number of nitrogens with zero attached hydrogens (tertiary/aromatic N) is 3. The van der Waals surface area contributed by atoms with Crippen molar-refractivity contribution < 1.29 is 31.1 Å². The summed E-state index contributed by atoms with van der Waals surface area (Å²) in [4.78, 5) is 16.6. The Bertz CT molecular complexity index is 1980. The van der Waals surface area contributed by atoms with Gasteiger partial charge in [0.25, 0.3) is 0 Å². The predicted molar refractivity (Wildman–Crippen MR) is 164 cm³/mol. The van der Waals surface area contributed by atoms with E-state index in [1.54, 1.807) is 13.0 Å². The molecule has 0 atom stereocenters. The Morgan fingerprint density at radius 3 is 2.29 bits per heavy atom. The first-order chi connectivity index (χ1) is 21.4. The van der Waals surface area contributed by atoms with E-state index < -0.39 is 27.6 Å². The monoisotopic (exact) mass is 652 g/mol. The Balaban J connectivity index is 1.58. The summed E-state index contributed by atoms with van der Waals surface area (Å²) in [7, 11) is -3.97. The highest BCUT2D eigenvalue weighted by Crippen LogP contribution is 2.61. The molecule has 8 nitrogen and oxygen atoms in total. The highest BCUT2D eigenvalue weighted by molar-refractivity contribution is 7.89. The third kappa shape index (κ3) is 5.90. The second-order valence-electron chi connectivity index (χ2n) is 10.7. The van der Waals surface area contributed by atoms with Crippen LogP contribution in [0.2, 0.25) is 0 Å². The number of ether oxygens (including phenoxy) is 1. The van der Waals surface area contributed by atoms with Gasteiger partial charge in [-0.2, -0.15) is 18.3 Å². The minimum atomic E-state index is -4.60. The summed E-state index contributed by atoms with van der Waals surface area (Å²) in [5.41, 5.74) is 1.31. The fourth-order valence-corrected chi connectivity index (χ4v) is 6.66. The van der Waals surface area contributed by atoms with E-state index in [1.807, 2.05) is 48.5 Å². The summed E-state index contributed by atoms with van der Waals surface area (Å²) in [6.45, 7) is 1.76. The molecule has 2 heterocycles. The van der Waals surface area contributed by atoms with Crippen molar-refractivity contribution >= 4 is 27.3 Å². The van der Waals surface area contributed by atoms with Crippen LogP contribution in [0, 0.1) is 0 Å². The quantitative estimate of drug-likeness (QED) is 0.178. The molecule has 1 fully saturated rings. The van der Waals surface area contributed by atoms with Gasteiger partial charge < -0.3 is 4.74 Å². The molecule has 0 unspecified atom stereocenters. The normalized spacial score (nSPS) is 14.3. The summed E-state index contributed by atoms with van der Waals surface area (Å²) in [5, 5.41) is 11.6. The van der Waals surface area contributed by atoms with Crippen LogP contribution in [0.15, 0.2) is 89.1 Å². The van der Waals surface area contributed by atoms with Crippen molar-refractivity contribution in [1.29, 1.82) is 0 Å². The third-order valence-electron chi connectivity index (χ3n) is 7.76. The SMILES string of the molecule is CCOC(=O)c1csc(-n2nc(-c3cccc(-c4ccccc4)c3)c(Cc3ccc(S(N)(=O)=O)cc3)c2C2(C(F)(F)F)CC2)n1. The van der Waals surface area contributed by atoms with Crippen molar-refractivity contribution in [1.82, 2.24) is 14.8 Å². The van der Waals surface area contributed by atoms with Gasteiger partial charge in [0, 0.05) is 22.9 Å². The van der Waals surface area contributed by atoms with Crippen LogP contribution in [-0.2, 0) is 26.6 Å². The van der Waals surface area contributed by atoms with Crippen LogP contribution in [0.5, 0.6) is 0 Å². The van der Waals surface area contributed by atoms with Crippen molar-refractivity contribution in [2.24, 2.45) is 5.14 Å². The number of sulfonamides is 1. The van der Waals surface area contributed by atoms with Gasteiger partial charge in [-0.15, -0.1) is 11.3 Å². The summed E-state index contributed by atoms with van der Waals surface area (Å²) >= 11 is 0.994. The van der Waals surface area contributed by atoms with Crippen LogP contribution in [0.3, 0.4) is 0 Å². The predicted octanol–water partition coefficient (Wildman–Crippen LogP) is 6.67. The molecule has 1 aliphatic rings. The molecule has 2 aromatic heterocycles. The molecule has 3 aromatic carbocycles. The number of benzene rings is 3. The van der Waals surface area contributed by atoms with Gasteiger partial charge in [0.15, 0.2) is 5.69 Å². The number of hydrogen-bond donors (Lipinski definition) is 1. The van der Waals surface area contributed by atoms with Gasteiger partial charge in [-0.05, 0) is 54.7 Å². The number of halogens is 3. The maximum atomic E-state index is 14.9. The average Bonchev–Trinajstić information content (AvgIpc) is 3.53. The van der Waals surface area contributed by atoms with Gasteiger partial charge in [0.05, 0.1) is 22.9 Å². The molecule has 13 heteroatoms. The molecule has 0 aliphatic heterocycles. The van der Waals surface area contributed by atoms with Crippen molar-refractivity contribution in [3.8, 4) is 27.5 Å². The number of alkyl halides is 3. The molecular weight excluding hydrogens is 626 g/mol. The Labute approximate surface area is 261 Å². The topological polar surface area (TPSA) is 117 Å². The minimum absolute atomic E-state index is 0.0130. The van der Waals surface area contributed by atoms with E-state index in [0.29, 0.717) is 22.4 Å². The van der Waals surface area contributed by atoms with Gasteiger partial charge in [-0.25, -0.2) is 28.0 Å². The van der Waals surface area contributed by atoms with E-state index in [0.717, 1.165) is 22.5 Å². The molecule has 45 heavy (non-hydrogen) atoms. The second kappa shape index (κ2) is 11.5. The summed E-state index contributed by atoms with van der Waals surface area (Å²) in [6, 6.07) is 22.7. The summed E-state index contributed by atoms with van der Waals surface area (Å²) < 4.78 is 74.7. The molecule has 0 spiro atoms. The first kappa shape index (κ1) is 30.7. The fraction of sp³-hybridized carbons (Fsp3) is 0.219. The minimum Gasteiger partial charge on any atom is -0.461 e. The molecule has 0 saturated heterocycles. The first-order valence-corrected chi connectivity index (χ1v) is 16.4. The molecule has 2 N–H and O–H groups in total. The largest absolute Gasteiger partial charge is 0.461 e. The van der Waals surface area contributed by atoms with Crippen LogP contribution in [0.25, 0.3) is 27.5 Å². The maximum absolute atomic E-state index is 14.9. The van der Waals surface area contributed by atoms with E-state index >= 15 is 0 Å². The van der Waals surface area contributed by atoms with Crippen LogP contribution >= 0.6 is 11.3 Å². The number of rotatable bonds is 9.